The summed E-state index contributed by atoms with van der Waals surface area (Å²) in [6, 6.07) is 4.04. The van der Waals surface area contributed by atoms with Crippen molar-refractivity contribution in [3.05, 3.63) is 28.8 Å². The van der Waals surface area contributed by atoms with Crippen molar-refractivity contribution in [1.82, 2.24) is 0 Å². The van der Waals surface area contributed by atoms with E-state index in [-0.39, 0.29) is 16.6 Å². The third-order valence-corrected chi connectivity index (χ3v) is 9.27. The summed E-state index contributed by atoms with van der Waals surface area (Å²) >= 11 is -3.31. The first kappa shape index (κ1) is 29.3. The van der Waals surface area contributed by atoms with Crippen molar-refractivity contribution in [2.45, 2.75) is 103 Å². The Bertz CT molecular complexity index is 868. The quantitative estimate of drug-likeness (QED) is 0.317. The van der Waals surface area contributed by atoms with Crippen molar-refractivity contribution in [1.29, 1.82) is 0 Å². The molecule has 184 valence electrons. The highest BCUT2D eigenvalue weighted by Crippen LogP contribution is 2.43. The molecule has 0 atom stereocenters. The van der Waals surface area contributed by atoms with Gasteiger partial charge in [0.1, 0.15) is 0 Å². The van der Waals surface area contributed by atoms with Gasteiger partial charge in [-0.15, -0.1) is 0 Å². The predicted molar refractivity (Wildman–Crippen MR) is 125 cm³/mol. The molecule has 1 aromatic carbocycles. The largest absolute Gasteiger partial charge is 0.780 e. The number of halogens is 3. The monoisotopic (exact) mass is 494 g/mol. The van der Waals surface area contributed by atoms with E-state index in [1.807, 2.05) is 53.7 Å². The summed E-state index contributed by atoms with van der Waals surface area (Å²) in [5.74, 6) is 0.341. The number of hydrogen-bond acceptors (Lipinski definition) is 4. The molecule has 0 aliphatic carbocycles. The Morgan fingerprint density at radius 3 is 1.53 bits per heavy atom. The Morgan fingerprint density at radius 2 is 1.25 bits per heavy atom. The normalized spacial score (nSPS) is 14.1. The Balaban J connectivity index is 3.78. The van der Waals surface area contributed by atoms with Gasteiger partial charge in [0.2, 0.25) is 0 Å². The SMILES string of the molecule is CC(C)[CH2][Al]([O]c1c(C(C)(C)C)cc(C(C)(C)C)cc1C(C)(C)C)[O]S(=O)(=O)C(F)(F)F. The van der Waals surface area contributed by atoms with Gasteiger partial charge in [0, 0.05) is 0 Å². The molecule has 0 aliphatic rings. The summed E-state index contributed by atoms with van der Waals surface area (Å²) in [7, 11) is -5.75. The molecule has 0 fully saturated rings. The van der Waals surface area contributed by atoms with Crippen LogP contribution in [-0.2, 0) is 29.6 Å². The minimum absolute atomic E-state index is 0.0971. The molecule has 0 unspecified atom stereocenters. The van der Waals surface area contributed by atoms with Gasteiger partial charge in [-0.25, -0.2) is 0 Å². The Morgan fingerprint density at radius 1 is 0.844 bits per heavy atom. The molecular formula is C23H38AlF3O4S. The molecule has 0 aromatic heterocycles. The van der Waals surface area contributed by atoms with E-state index in [0.29, 0.717) is 5.75 Å². The van der Waals surface area contributed by atoms with Crippen molar-refractivity contribution >= 4 is 24.9 Å². The van der Waals surface area contributed by atoms with Crippen molar-refractivity contribution < 1.29 is 28.6 Å². The van der Waals surface area contributed by atoms with Gasteiger partial charge in [-0.3, -0.25) is 0 Å². The lowest BCUT2D eigenvalue weighted by atomic mass is 9.75. The highest BCUT2D eigenvalue weighted by molar-refractivity contribution is 7.88. The number of alkyl halides is 3. The van der Waals surface area contributed by atoms with Crippen molar-refractivity contribution in [2.75, 3.05) is 0 Å². The molecule has 0 saturated carbocycles. The van der Waals surface area contributed by atoms with Gasteiger partial charge in [-0.2, -0.15) is 21.6 Å². The lowest BCUT2D eigenvalue weighted by Crippen LogP contribution is -2.38. The van der Waals surface area contributed by atoms with Gasteiger partial charge in [-0.05, 0) is 38.2 Å². The molecule has 0 amide bonds. The van der Waals surface area contributed by atoms with Crippen LogP contribution >= 0.6 is 0 Å². The summed E-state index contributed by atoms with van der Waals surface area (Å²) < 4.78 is 73.6. The highest BCUT2D eigenvalue weighted by Gasteiger charge is 2.51. The smallest absolute Gasteiger partial charge is 0.621 e. The van der Waals surface area contributed by atoms with Crippen LogP contribution in [0.25, 0.3) is 0 Å². The molecule has 1 rings (SSSR count). The second kappa shape index (κ2) is 9.48. The third kappa shape index (κ3) is 7.65. The van der Waals surface area contributed by atoms with Crippen LogP contribution in [0, 0.1) is 5.92 Å². The molecule has 32 heavy (non-hydrogen) atoms. The van der Waals surface area contributed by atoms with E-state index < -0.39 is 41.3 Å². The summed E-state index contributed by atoms with van der Waals surface area (Å²) in [6.07, 6.45) is 0. The first-order valence-electron chi connectivity index (χ1n) is 10.8. The van der Waals surface area contributed by atoms with E-state index in [0.717, 1.165) is 16.7 Å². The molecule has 9 heteroatoms. The second-order valence-electron chi connectivity index (χ2n) is 11.8. The van der Waals surface area contributed by atoms with E-state index in [1.165, 1.54) is 0 Å². The van der Waals surface area contributed by atoms with Crippen LogP contribution in [0.5, 0.6) is 5.75 Å². The van der Waals surface area contributed by atoms with E-state index in [9.17, 15) is 21.6 Å². The summed E-state index contributed by atoms with van der Waals surface area (Å²) in [4.78, 5) is 0. The van der Waals surface area contributed by atoms with Gasteiger partial charge in [-0.1, -0.05) is 94.2 Å². The average Bonchev–Trinajstić information content (AvgIpc) is 2.49. The van der Waals surface area contributed by atoms with Crippen LogP contribution in [0.15, 0.2) is 12.1 Å². The zero-order valence-corrected chi connectivity index (χ0v) is 23.2. The molecule has 0 radical (unpaired) electrons. The summed E-state index contributed by atoms with van der Waals surface area (Å²) in [5, 5.41) is 0.115. The molecule has 0 spiro atoms. The Labute approximate surface area is 197 Å². The van der Waals surface area contributed by atoms with Crippen LogP contribution in [0.4, 0.5) is 13.2 Å². The topological polar surface area (TPSA) is 52.6 Å². The first-order chi connectivity index (χ1) is 14.0. The number of hydrogen-bond donors (Lipinski definition) is 0. The van der Waals surface area contributed by atoms with Gasteiger partial charge >= 0.3 is 30.4 Å². The van der Waals surface area contributed by atoms with Crippen LogP contribution in [-0.4, -0.2) is 28.7 Å². The number of rotatable bonds is 6. The van der Waals surface area contributed by atoms with Crippen LogP contribution < -0.4 is 3.79 Å². The maximum absolute atomic E-state index is 13.0. The van der Waals surface area contributed by atoms with E-state index in [4.69, 9.17) is 7.02 Å². The fourth-order valence-electron chi connectivity index (χ4n) is 3.12. The maximum atomic E-state index is 13.0. The first-order valence-corrected chi connectivity index (χ1v) is 14.0. The average molecular weight is 495 g/mol. The molecule has 0 N–H and O–H groups in total. The van der Waals surface area contributed by atoms with Crippen LogP contribution in [0.3, 0.4) is 0 Å². The van der Waals surface area contributed by atoms with E-state index >= 15 is 0 Å². The molecule has 4 nitrogen and oxygen atoms in total. The zero-order valence-electron chi connectivity index (χ0n) is 21.2. The molecule has 1 aromatic rings. The zero-order chi connectivity index (χ0) is 25.5. The minimum Gasteiger partial charge on any atom is -0.621 e. The molecule has 0 heterocycles. The standard InChI is InChI=1S/C18H30O.C4H9.CHF3O3S.Al/c1-16(2,3)12-10-13(17(4,5)6)15(19)14(11-12)18(7,8)9;1-4(2)3;2-1(3,4)8(5,6)7;/h10-11,19H,1-9H3;4H,1H2,2-3H3;(H,5,6,7);/q;;;+2/p-2. The van der Waals surface area contributed by atoms with Gasteiger partial charge in [0.15, 0.2) is 0 Å². The van der Waals surface area contributed by atoms with Crippen molar-refractivity contribution in [3.63, 3.8) is 0 Å². The Hall–Kier alpha value is -0.748. The lowest BCUT2D eigenvalue weighted by Gasteiger charge is -2.34. The molecule has 0 bridgehead atoms. The number of benzene rings is 1. The lowest BCUT2D eigenvalue weighted by molar-refractivity contribution is -0.0506. The summed E-state index contributed by atoms with van der Waals surface area (Å²) in [6.45, 7) is 21.9. The molecule has 0 saturated heterocycles. The van der Waals surface area contributed by atoms with Crippen LogP contribution in [0.2, 0.25) is 5.28 Å². The van der Waals surface area contributed by atoms with Gasteiger partial charge in [0.25, 0.3) is 0 Å². The van der Waals surface area contributed by atoms with Gasteiger partial charge < -0.3 is 7.02 Å². The maximum Gasteiger partial charge on any atom is 0.780 e. The highest BCUT2D eigenvalue weighted by atomic mass is 32.2. The summed E-state index contributed by atoms with van der Waals surface area (Å²) in [5.41, 5.74) is -3.72. The van der Waals surface area contributed by atoms with E-state index in [2.05, 4.69) is 20.8 Å². The van der Waals surface area contributed by atoms with Crippen molar-refractivity contribution in [3.8, 4) is 5.75 Å². The second-order valence-corrected chi connectivity index (χ2v) is 15.5. The predicted octanol–water partition coefficient (Wildman–Crippen LogP) is 6.97. The van der Waals surface area contributed by atoms with Crippen molar-refractivity contribution in [2.24, 2.45) is 5.92 Å². The fraction of sp³-hybridized carbons (Fsp3) is 0.739. The Kier molecular flexibility index (Phi) is 8.68. The third-order valence-electron chi connectivity index (χ3n) is 5.00. The van der Waals surface area contributed by atoms with Gasteiger partial charge in [0.05, 0.1) is 5.75 Å². The fourth-order valence-corrected chi connectivity index (χ4v) is 6.54. The molecular weight excluding hydrogens is 456 g/mol. The minimum atomic E-state index is -5.75. The van der Waals surface area contributed by atoms with E-state index in [1.54, 1.807) is 13.8 Å². The van der Waals surface area contributed by atoms with Crippen LogP contribution in [0.1, 0.15) is 92.9 Å². The molecule has 0 aliphatic heterocycles.